The van der Waals surface area contributed by atoms with Gasteiger partial charge >= 0.3 is 6.18 Å². The Morgan fingerprint density at radius 3 is 2.40 bits per heavy atom. The number of hydrogen-bond donors (Lipinski definition) is 3. The number of nitrogens with zero attached hydrogens (tertiary/aromatic N) is 1. The summed E-state index contributed by atoms with van der Waals surface area (Å²) < 4.78 is 38.5. The van der Waals surface area contributed by atoms with Crippen molar-refractivity contribution in [2.45, 2.75) is 12.7 Å². The van der Waals surface area contributed by atoms with E-state index in [2.05, 4.69) is 0 Å². The maximum atomic E-state index is 12.7. The lowest BCUT2D eigenvalue weighted by atomic mass is 10.2. The van der Waals surface area contributed by atoms with Crippen LogP contribution in [0.15, 0.2) is 47.4 Å². The van der Waals surface area contributed by atoms with Crippen LogP contribution in [0.1, 0.15) is 15.9 Å². The molecule has 0 aliphatic carbocycles. The predicted molar refractivity (Wildman–Crippen MR) is 79.4 cm³/mol. The van der Waals surface area contributed by atoms with Gasteiger partial charge < -0.3 is 9.67 Å². The number of nitrogens with one attached hydrogen (secondary N) is 2. The highest BCUT2D eigenvalue weighted by Crippen LogP contribution is 2.25. The summed E-state index contributed by atoms with van der Waals surface area (Å²) >= 11 is 0. The number of amides is 2. The molecule has 132 valence electrons. The molecule has 2 amide bonds. The number of hydrazine groups is 1. The topological polar surface area (TPSA) is 100 Å². The van der Waals surface area contributed by atoms with E-state index < -0.39 is 35.7 Å². The lowest BCUT2D eigenvalue weighted by Gasteiger charge is -2.11. The number of para-hydroxylation sites is 1. The molecule has 0 saturated heterocycles. The average molecular weight is 355 g/mol. The average Bonchev–Trinajstić information content (AvgIpc) is 2.54. The van der Waals surface area contributed by atoms with E-state index in [4.69, 9.17) is 0 Å². The minimum absolute atomic E-state index is 0.112. The molecule has 7 nitrogen and oxygen atoms in total. The summed E-state index contributed by atoms with van der Waals surface area (Å²) in [6.45, 7) is -0.732. The van der Waals surface area contributed by atoms with Gasteiger partial charge in [0.25, 0.3) is 17.4 Å². The number of rotatable bonds is 3. The number of alkyl halides is 3. The zero-order chi connectivity index (χ0) is 18.6. The molecule has 1 aromatic carbocycles. The Morgan fingerprint density at radius 2 is 1.76 bits per heavy atom. The maximum Gasteiger partial charge on any atom is 0.421 e. The second-order valence-electron chi connectivity index (χ2n) is 4.87. The Kier molecular flexibility index (Phi) is 5.11. The Morgan fingerprint density at radius 1 is 1.08 bits per heavy atom. The van der Waals surface area contributed by atoms with Crippen LogP contribution >= 0.6 is 0 Å². The zero-order valence-electron chi connectivity index (χ0n) is 12.5. The van der Waals surface area contributed by atoms with Gasteiger partial charge in [-0.2, -0.15) is 13.2 Å². The largest absolute Gasteiger partial charge is 0.507 e. The first kappa shape index (κ1) is 18.0. The van der Waals surface area contributed by atoms with Crippen LogP contribution in [0.2, 0.25) is 0 Å². The van der Waals surface area contributed by atoms with Gasteiger partial charge in [-0.05, 0) is 24.3 Å². The van der Waals surface area contributed by atoms with Crippen LogP contribution in [0.4, 0.5) is 13.2 Å². The van der Waals surface area contributed by atoms with Gasteiger partial charge in [0.15, 0.2) is 0 Å². The lowest BCUT2D eigenvalue weighted by molar-refractivity contribution is -0.139. The number of aromatic hydroxyl groups is 1. The molecule has 0 saturated carbocycles. The number of halogens is 3. The summed E-state index contributed by atoms with van der Waals surface area (Å²) in [5, 5.41) is 9.50. The van der Waals surface area contributed by atoms with Gasteiger partial charge in [-0.1, -0.05) is 12.1 Å². The summed E-state index contributed by atoms with van der Waals surface area (Å²) in [5.41, 5.74) is 1.05. The van der Waals surface area contributed by atoms with Gasteiger partial charge in [-0.15, -0.1) is 0 Å². The van der Waals surface area contributed by atoms with Gasteiger partial charge in [-0.3, -0.25) is 25.2 Å². The van der Waals surface area contributed by atoms with E-state index in [1.165, 1.54) is 24.3 Å². The maximum absolute atomic E-state index is 12.7. The summed E-state index contributed by atoms with van der Waals surface area (Å²) in [5.74, 6) is -2.07. The number of carbonyl (C=O) groups excluding carboxylic acids is 2. The van der Waals surface area contributed by atoms with Crippen LogP contribution in [0, 0.1) is 0 Å². The lowest BCUT2D eigenvalue weighted by Crippen LogP contribution is -2.44. The van der Waals surface area contributed by atoms with Crippen molar-refractivity contribution in [3.8, 4) is 5.75 Å². The molecule has 0 bridgehead atoms. The van der Waals surface area contributed by atoms with Crippen LogP contribution in [0.3, 0.4) is 0 Å². The molecular weight excluding hydrogens is 343 g/mol. The molecule has 0 aliphatic heterocycles. The van der Waals surface area contributed by atoms with E-state index in [9.17, 15) is 32.7 Å². The fourth-order valence-electron chi connectivity index (χ4n) is 1.93. The van der Waals surface area contributed by atoms with Crippen LogP contribution < -0.4 is 16.4 Å². The molecule has 25 heavy (non-hydrogen) atoms. The number of phenols is 1. The van der Waals surface area contributed by atoms with Gasteiger partial charge in [0.1, 0.15) is 17.9 Å². The van der Waals surface area contributed by atoms with Crippen molar-refractivity contribution >= 4 is 11.8 Å². The summed E-state index contributed by atoms with van der Waals surface area (Å²) in [4.78, 5) is 35.2. The number of pyridine rings is 1. The Bertz CT molecular complexity index is 862. The Labute approximate surface area is 138 Å². The smallest absolute Gasteiger partial charge is 0.421 e. The highest BCUT2D eigenvalue weighted by molar-refractivity contribution is 5.97. The van der Waals surface area contributed by atoms with Gasteiger partial charge in [-0.25, -0.2) is 0 Å². The third kappa shape index (κ3) is 4.37. The molecule has 1 heterocycles. The van der Waals surface area contributed by atoms with Crippen molar-refractivity contribution in [1.82, 2.24) is 15.4 Å². The second kappa shape index (κ2) is 7.07. The van der Waals surface area contributed by atoms with Crippen LogP contribution in [0.5, 0.6) is 5.75 Å². The molecule has 2 rings (SSSR count). The number of aromatic nitrogens is 1. The van der Waals surface area contributed by atoms with Gasteiger partial charge in [0.2, 0.25) is 0 Å². The van der Waals surface area contributed by atoms with Crippen molar-refractivity contribution in [3.05, 3.63) is 64.1 Å². The van der Waals surface area contributed by atoms with E-state index in [1.807, 2.05) is 10.9 Å². The fourth-order valence-corrected chi connectivity index (χ4v) is 1.93. The molecular formula is C15H12F3N3O4. The van der Waals surface area contributed by atoms with E-state index in [1.54, 1.807) is 0 Å². The third-order valence-corrected chi connectivity index (χ3v) is 3.10. The number of phenolic OH excluding ortho intramolecular Hbond substituents is 1. The van der Waals surface area contributed by atoms with Crippen molar-refractivity contribution in [2.75, 3.05) is 0 Å². The molecule has 0 fully saturated rings. The Hall–Kier alpha value is -3.30. The van der Waals surface area contributed by atoms with Crippen LogP contribution in [0.25, 0.3) is 0 Å². The van der Waals surface area contributed by atoms with Crippen molar-refractivity contribution in [3.63, 3.8) is 0 Å². The first-order valence-electron chi connectivity index (χ1n) is 6.84. The predicted octanol–water partition coefficient (Wildman–Crippen LogP) is 1.03. The third-order valence-electron chi connectivity index (χ3n) is 3.10. The fraction of sp³-hybridized carbons (Fsp3) is 0.133. The minimum Gasteiger partial charge on any atom is -0.507 e. The summed E-state index contributed by atoms with van der Waals surface area (Å²) in [6.07, 6.45) is -3.82. The quantitative estimate of drug-likeness (QED) is 0.716. The van der Waals surface area contributed by atoms with E-state index in [-0.39, 0.29) is 11.3 Å². The van der Waals surface area contributed by atoms with E-state index in [0.717, 1.165) is 12.3 Å². The first-order chi connectivity index (χ1) is 11.7. The molecule has 2 aromatic rings. The minimum atomic E-state index is -4.84. The van der Waals surface area contributed by atoms with Gasteiger partial charge in [0, 0.05) is 6.20 Å². The summed E-state index contributed by atoms with van der Waals surface area (Å²) in [7, 11) is 0. The Balaban J connectivity index is 2.03. The molecule has 1 aromatic heterocycles. The monoisotopic (exact) mass is 355 g/mol. The van der Waals surface area contributed by atoms with Crippen LogP contribution in [-0.2, 0) is 17.5 Å². The zero-order valence-corrected chi connectivity index (χ0v) is 12.5. The van der Waals surface area contributed by atoms with Gasteiger partial charge in [0.05, 0.1) is 5.56 Å². The molecule has 10 heteroatoms. The normalized spacial score (nSPS) is 11.0. The number of carbonyl (C=O) groups is 2. The summed E-state index contributed by atoms with van der Waals surface area (Å²) in [6, 6.07) is 7.13. The highest BCUT2D eigenvalue weighted by Gasteiger charge is 2.34. The van der Waals surface area contributed by atoms with Crippen molar-refractivity contribution < 1.29 is 27.9 Å². The standard InChI is InChI=1S/C15H12F3N3O4/c16-15(17,18)10-5-3-7-21(14(10)25)8-12(23)19-20-13(24)9-4-1-2-6-11(9)22/h1-7,22H,8H2,(H,19,23)(H,20,24). The second-order valence-corrected chi connectivity index (χ2v) is 4.87. The molecule has 0 spiro atoms. The molecule has 0 unspecified atom stereocenters. The van der Waals surface area contributed by atoms with E-state index >= 15 is 0 Å². The first-order valence-corrected chi connectivity index (χ1v) is 6.84. The van der Waals surface area contributed by atoms with E-state index in [0.29, 0.717) is 10.6 Å². The molecule has 3 N–H and O–H groups in total. The highest BCUT2D eigenvalue weighted by atomic mass is 19.4. The van der Waals surface area contributed by atoms with Crippen molar-refractivity contribution in [2.24, 2.45) is 0 Å². The van der Waals surface area contributed by atoms with Crippen molar-refractivity contribution in [1.29, 1.82) is 0 Å². The number of benzene rings is 1. The van der Waals surface area contributed by atoms with Crippen LogP contribution in [-0.4, -0.2) is 21.5 Å². The SMILES string of the molecule is O=C(Cn1cccc(C(F)(F)F)c1=O)NNC(=O)c1ccccc1O. The molecule has 0 aliphatic rings. The number of hydrogen-bond acceptors (Lipinski definition) is 4. The molecule has 0 atom stereocenters. The molecule has 0 radical (unpaired) electrons.